The first-order valence-electron chi connectivity index (χ1n) is 8.89. The monoisotopic (exact) mass is 404 g/mol. The van der Waals surface area contributed by atoms with E-state index in [1.54, 1.807) is 23.7 Å². The molecule has 1 aromatic carbocycles. The number of alkyl halides is 3. The lowest BCUT2D eigenvalue weighted by atomic mass is 10.1. The standard InChI is InChI=1S/C20H19F3N4O2/c1-3-26(19(29)16-11-27-9-8-13(2)10-17(27)24-16)12-18(28)25-15-7-5-4-6-14(15)20(21,22)23/h4-11H,3,12H2,1-2H3,(H,25,28). The zero-order valence-corrected chi connectivity index (χ0v) is 15.8. The molecule has 2 aromatic heterocycles. The summed E-state index contributed by atoms with van der Waals surface area (Å²) in [5, 5.41) is 2.24. The van der Waals surface area contributed by atoms with E-state index < -0.39 is 30.1 Å². The van der Waals surface area contributed by atoms with Crippen molar-refractivity contribution in [2.75, 3.05) is 18.4 Å². The smallest absolute Gasteiger partial charge is 0.328 e. The van der Waals surface area contributed by atoms with Crippen molar-refractivity contribution in [3.05, 3.63) is 65.6 Å². The molecule has 0 aliphatic rings. The third-order valence-electron chi connectivity index (χ3n) is 4.34. The van der Waals surface area contributed by atoms with E-state index in [-0.39, 0.29) is 17.9 Å². The number of para-hydroxylation sites is 1. The summed E-state index contributed by atoms with van der Waals surface area (Å²) in [6.07, 6.45) is -1.28. The van der Waals surface area contributed by atoms with Gasteiger partial charge in [-0.1, -0.05) is 12.1 Å². The van der Waals surface area contributed by atoms with Gasteiger partial charge in [-0.15, -0.1) is 0 Å². The number of halogens is 3. The first-order valence-corrected chi connectivity index (χ1v) is 8.89. The molecule has 0 aliphatic heterocycles. The van der Waals surface area contributed by atoms with Gasteiger partial charge in [0.1, 0.15) is 17.9 Å². The Bertz CT molecular complexity index is 1060. The van der Waals surface area contributed by atoms with Gasteiger partial charge in [-0.25, -0.2) is 4.98 Å². The van der Waals surface area contributed by atoms with Crippen molar-refractivity contribution < 1.29 is 22.8 Å². The van der Waals surface area contributed by atoms with Gasteiger partial charge in [0.25, 0.3) is 5.91 Å². The molecule has 3 rings (SSSR count). The number of imidazole rings is 1. The molecule has 1 N–H and O–H groups in total. The van der Waals surface area contributed by atoms with E-state index in [1.807, 2.05) is 19.1 Å². The summed E-state index contributed by atoms with van der Waals surface area (Å²) in [7, 11) is 0. The van der Waals surface area contributed by atoms with E-state index in [0.717, 1.165) is 11.6 Å². The minimum absolute atomic E-state index is 0.154. The Balaban J connectivity index is 1.75. The first-order chi connectivity index (χ1) is 13.7. The number of pyridine rings is 1. The number of amides is 2. The Hall–Kier alpha value is -3.36. The van der Waals surface area contributed by atoms with Crippen molar-refractivity contribution in [1.82, 2.24) is 14.3 Å². The van der Waals surface area contributed by atoms with Gasteiger partial charge in [0.2, 0.25) is 5.91 Å². The summed E-state index contributed by atoms with van der Waals surface area (Å²) >= 11 is 0. The van der Waals surface area contributed by atoms with Gasteiger partial charge in [-0.2, -0.15) is 13.2 Å². The molecule has 0 spiro atoms. The molecule has 152 valence electrons. The van der Waals surface area contributed by atoms with Crippen molar-refractivity contribution in [3.63, 3.8) is 0 Å². The molecule has 3 aromatic rings. The van der Waals surface area contributed by atoms with Gasteiger partial charge in [0.15, 0.2) is 0 Å². The lowest BCUT2D eigenvalue weighted by Crippen LogP contribution is -2.38. The fourth-order valence-corrected chi connectivity index (χ4v) is 2.88. The Kier molecular flexibility index (Phi) is 5.58. The zero-order valence-electron chi connectivity index (χ0n) is 15.8. The van der Waals surface area contributed by atoms with E-state index in [0.29, 0.717) is 5.65 Å². The number of rotatable bonds is 5. The molecule has 2 amide bonds. The number of aryl methyl sites for hydroxylation is 1. The second kappa shape index (κ2) is 7.94. The minimum Gasteiger partial charge on any atom is -0.328 e. The van der Waals surface area contributed by atoms with Crippen LogP contribution < -0.4 is 5.32 Å². The van der Waals surface area contributed by atoms with Gasteiger partial charge in [0, 0.05) is 18.9 Å². The molecule has 0 saturated heterocycles. The van der Waals surface area contributed by atoms with Gasteiger partial charge < -0.3 is 14.6 Å². The quantitative estimate of drug-likeness (QED) is 0.704. The van der Waals surface area contributed by atoms with Crippen molar-refractivity contribution in [2.45, 2.75) is 20.0 Å². The van der Waals surface area contributed by atoms with Crippen LogP contribution in [-0.2, 0) is 11.0 Å². The van der Waals surface area contributed by atoms with Gasteiger partial charge in [-0.3, -0.25) is 9.59 Å². The number of hydrogen-bond donors (Lipinski definition) is 1. The van der Waals surface area contributed by atoms with E-state index in [9.17, 15) is 22.8 Å². The highest BCUT2D eigenvalue weighted by molar-refractivity contribution is 5.99. The van der Waals surface area contributed by atoms with Crippen LogP contribution in [0.4, 0.5) is 18.9 Å². The number of benzene rings is 1. The topological polar surface area (TPSA) is 66.7 Å². The number of fused-ring (bicyclic) bond motifs is 1. The molecule has 2 heterocycles. The van der Waals surface area contributed by atoms with Crippen molar-refractivity contribution >= 4 is 23.1 Å². The summed E-state index contributed by atoms with van der Waals surface area (Å²) in [5.74, 6) is -1.20. The van der Waals surface area contributed by atoms with Gasteiger partial charge in [-0.05, 0) is 43.7 Å². The van der Waals surface area contributed by atoms with E-state index in [1.165, 1.54) is 23.1 Å². The van der Waals surface area contributed by atoms with Crippen LogP contribution in [-0.4, -0.2) is 39.2 Å². The molecule has 0 unspecified atom stereocenters. The number of carbonyl (C=O) groups is 2. The van der Waals surface area contributed by atoms with Crippen LogP contribution in [0.1, 0.15) is 28.5 Å². The van der Waals surface area contributed by atoms with Crippen LogP contribution in [0.3, 0.4) is 0 Å². The maximum Gasteiger partial charge on any atom is 0.418 e. The third kappa shape index (κ3) is 4.56. The highest BCUT2D eigenvalue weighted by atomic mass is 19.4. The van der Waals surface area contributed by atoms with E-state index in [2.05, 4.69) is 10.3 Å². The van der Waals surface area contributed by atoms with Crippen molar-refractivity contribution in [1.29, 1.82) is 0 Å². The maximum absolute atomic E-state index is 13.1. The number of carbonyl (C=O) groups excluding carboxylic acids is 2. The summed E-state index contributed by atoms with van der Waals surface area (Å²) in [6, 6.07) is 8.37. The fourth-order valence-electron chi connectivity index (χ4n) is 2.88. The van der Waals surface area contributed by atoms with Gasteiger partial charge >= 0.3 is 6.18 Å². The van der Waals surface area contributed by atoms with Crippen LogP contribution in [0.15, 0.2) is 48.8 Å². The largest absolute Gasteiger partial charge is 0.418 e. The lowest BCUT2D eigenvalue weighted by Gasteiger charge is -2.20. The molecule has 0 fully saturated rings. The molecule has 9 heteroatoms. The molecule has 29 heavy (non-hydrogen) atoms. The molecule has 0 saturated carbocycles. The Labute approximate surface area is 165 Å². The maximum atomic E-state index is 13.1. The predicted molar refractivity (Wildman–Crippen MR) is 102 cm³/mol. The summed E-state index contributed by atoms with van der Waals surface area (Å²) < 4.78 is 40.9. The number of anilines is 1. The third-order valence-corrected chi connectivity index (χ3v) is 4.34. The summed E-state index contributed by atoms with van der Waals surface area (Å²) in [6.45, 7) is 3.38. The Morgan fingerprint density at radius 1 is 1.21 bits per heavy atom. The van der Waals surface area contributed by atoms with Crippen LogP contribution in [0.25, 0.3) is 5.65 Å². The molecule has 0 bridgehead atoms. The minimum atomic E-state index is -4.60. The first kappa shape index (κ1) is 20.4. The second-order valence-corrected chi connectivity index (χ2v) is 6.51. The fraction of sp³-hybridized carbons (Fsp3) is 0.250. The average molecular weight is 404 g/mol. The number of nitrogens with zero attached hydrogens (tertiary/aromatic N) is 3. The number of hydrogen-bond acceptors (Lipinski definition) is 3. The zero-order chi connectivity index (χ0) is 21.2. The van der Waals surface area contributed by atoms with Crippen molar-refractivity contribution in [2.24, 2.45) is 0 Å². The predicted octanol–water partition coefficient (Wildman–Crippen LogP) is 3.76. The van der Waals surface area contributed by atoms with Crippen LogP contribution >= 0.6 is 0 Å². The highest BCUT2D eigenvalue weighted by Gasteiger charge is 2.33. The highest BCUT2D eigenvalue weighted by Crippen LogP contribution is 2.34. The molecular formula is C20H19F3N4O2. The molecule has 0 radical (unpaired) electrons. The number of likely N-dealkylation sites (N-methyl/N-ethyl adjacent to an activating group) is 1. The van der Waals surface area contributed by atoms with Gasteiger partial charge in [0.05, 0.1) is 11.3 Å². The van der Waals surface area contributed by atoms with E-state index in [4.69, 9.17) is 0 Å². The summed E-state index contributed by atoms with van der Waals surface area (Å²) in [5.41, 5.74) is 0.432. The lowest BCUT2D eigenvalue weighted by molar-refractivity contribution is -0.137. The average Bonchev–Trinajstić information content (AvgIpc) is 3.08. The molecule has 0 atom stereocenters. The molecule has 6 nitrogen and oxygen atoms in total. The normalized spacial score (nSPS) is 11.5. The summed E-state index contributed by atoms with van der Waals surface area (Å²) in [4.78, 5) is 30.5. The number of nitrogens with one attached hydrogen (secondary N) is 1. The van der Waals surface area contributed by atoms with Crippen molar-refractivity contribution in [3.8, 4) is 0 Å². The SMILES string of the molecule is CCN(CC(=O)Nc1ccccc1C(F)(F)F)C(=O)c1cn2ccc(C)cc2n1. The van der Waals surface area contributed by atoms with E-state index >= 15 is 0 Å². The second-order valence-electron chi connectivity index (χ2n) is 6.51. The molecular weight excluding hydrogens is 385 g/mol. The Morgan fingerprint density at radius 3 is 2.62 bits per heavy atom. The van der Waals surface area contributed by atoms with Crippen LogP contribution in [0.2, 0.25) is 0 Å². The molecule has 0 aliphatic carbocycles. The Morgan fingerprint density at radius 2 is 1.93 bits per heavy atom. The van der Waals surface area contributed by atoms with Crippen LogP contribution in [0, 0.1) is 6.92 Å². The number of aromatic nitrogens is 2. The van der Waals surface area contributed by atoms with Crippen LogP contribution in [0.5, 0.6) is 0 Å².